The van der Waals surface area contributed by atoms with Crippen LogP contribution in [0.2, 0.25) is 0 Å². The number of carboxylic acid groups (broad SMARTS) is 1. The monoisotopic (exact) mass is 254 g/mol. The predicted octanol–water partition coefficient (Wildman–Crippen LogP) is 1.78. The van der Waals surface area contributed by atoms with Crippen LogP contribution < -0.4 is 0 Å². The molecule has 0 aromatic carbocycles. The average molecular weight is 254 g/mol. The molecule has 5 nitrogen and oxygen atoms in total. The highest BCUT2D eigenvalue weighted by molar-refractivity contribution is 5.83. The highest BCUT2D eigenvalue weighted by Crippen LogP contribution is 2.30. The summed E-state index contributed by atoms with van der Waals surface area (Å²) < 4.78 is 0. The van der Waals surface area contributed by atoms with Crippen LogP contribution >= 0.6 is 0 Å². The third-order valence-electron chi connectivity index (χ3n) is 3.58. The van der Waals surface area contributed by atoms with E-state index in [9.17, 15) is 9.59 Å². The van der Waals surface area contributed by atoms with Gasteiger partial charge in [-0.2, -0.15) is 0 Å². The molecule has 1 N–H and O–H groups in total. The first-order chi connectivity index (χ1) is 8.50. The zero-order valence-corrected chi connectivity index (χ0v) is 11.1. The Balaban J connectivity index is 2.05. The maximum absolute atomic E-state index is 12.5. The van der Waals surface area contributed by atoms with Gasteiger partial charge in [-0.05, 0) is 31.6 Å². The molecule has 0 spiro atoms. The smallest absolute Gasteiger partial charge is 0.326 e. The van der Waals surface area contributed by atoms with E-state index in [2.05, 4.69) is 13.8 Å². The third-order valence-corrected chi connectivity index (χ3v) is 3.58. The number of aliphatic carboxylic acids is 1. The maximum atomic E-state index is 12.5. The van der Waals surface area contributed by atoms with E-state index in [-0.39, 0.29) is 6.03 Å². The summed E-state index contributed by atoms with van der Waals surface area (Å²) in [5, 5.41) is 9.14. The molecule has 2 rings (SSSR count). The molecule has 1 saturated heterocycles. The minimum absolute atomic E-state index is 0.0731. The molecule has 0 aromatic heterocycles. The molecular weight excluding hydrogens is 232 g/mol. The summed E-state index contributed by atoms with van der Waals surface area (Å²) in [6.45, 7) is 5.48. The first-order valence-corrected chi connectivity index (χ1v) is 6.80. The van der Waals surface area contributed by atoms with Crippen LogP contribution in [0.4, 0.5) is 4.79 Å². The Kier molecular flexibility index (Phi) is 3.78. The number of amides is 2. The highest BCUT2D eigenvalue weighted by Gasteiger charge is 2.40. The Labute approximate surface area is 108 Å². The lowest BCUT2D eigenvalue weighted by molar-refractivity contribution is -0.141. The lowest BCUT2D eigenvalue weighted by Gasteiger charge is -2.31. The summed E-state index contributed by atoms with van der Waals surface area (Å²) in [7, 11) is 0. The Morgan fingerprint density at radius 1 is 1.33 bits per heavy atom. The summed E-state index contributed by atoms with van der Waals surface area (Å²) in [6, 6.07) is -0.350. The molecule has 1 saturated carbocycles. The van der Waals surface area contributed by atoms with Crippen LogP contribution in [0.3, 0.4) is 0 Å². The fraction of sp³-hybridized carbons (Fsp3) is 0.846. The zero-order chi connectivity index (χ0) is 13.3. The van der Waals surface area contributed by atoms with Gasteiger partial charge in [-0.15, -0.1) is 0 Å². The molecule has 1 aliphatic heterocycles. The molecule has 18 heavy (non-hydrogen) atoms. The second kappa shape index (κ2) is 5.16. The molecule has 1 unspecified atom stereocenters. The van der Waals surface area contributed by atoms with Crippen LogP contribution in [0.15, 0.2) is 0 Å². The fourth-order valence-corrected chi connectivity index (χ4v) is 2.58. The van der Waals surface area contributed by atoms with Crippen molar-refractivity contribution in [2.45, 2.75) is 51.6 Å². The lowest BCUT2D eigenvalue weighted by atomic mass is 10.2. The summed E-state index contributed by atoms with van der Waals surface area (Å²) in [6.07, 6.45) is 3.50. The van der Waals surface area contributed by atoms with Crippen LogP contribution in [-0.2, 0) is 4.79 Å². The van der Waals surface area contributed by atoms with Crippen LogP contribution in [-0.4, -0.2) is 52.1 Å². The largest absolute Gasteiger partial charge is 0.480 e. The highest BCUT2D eigenvalue weighted by atomic mass is 16.4. The molecule has 0 radical (unpaired) electrons. The summed E-state index contributed by atoms with van der Waals surface area (Å²) in [5.74, 6) is -0.457. The van der Waals surface area contributed by atoms with E-state index in [0.29, 0.717) is 24.9 Å². The van der Waals surface area contributed by atoms with E-state index in [1.807, 2.05) is 4.90 Å². The van der Waals surface area contributed by atoms with Crippen LogP contribution in [0.1, 0.15) is 39.5 Å². The van der Waals surface area contributed by atoms with Gasteiger partial charge in [0, 0.05) is 19.1 Å². The molecule has 102 valence electrons. The second-order valence-electron chi connectivity index (χ2n) is 5.75. The number of carbonyl (C=O) groups excluding carboxylic acids is 1. The van der Waals surface area contributed by atoms with Crippen LogP contribution in [0, 0.1) is 5.92 Å². The second-order valence-corrected chi connectivity index (χ2v) is 5.75. The summed E-state index contributed by atoms with van der Waals surface area (Å²) >= 11 is 0. The standard InChI is InChI=1S/C13H22N2O3/c1-9(2)8-15(10-5-6-10)13(18)14-7-3-4-11(14)12(16)17/h9-11H,3-8H2,1-2H3,(H,16,17). The van der Waals surface area contributed by atoms with Gasteiger partial charge in [-0.1, -0.05) is 13.8 Å². The molecule has 1 aliphatic carbocycles. The van der Waals surface area contributed by atoms with Gasteiger partial charge in [0.2, 0.25) is 0 Å². The Hall–Kier alpha value is -1.26. The number of likely N-dealkylation sites (tertiary alicyclic amines) is 1. The molecule has 1 heterocycles. The van der Waals surface area contributed by atoms with Crippen LogP contribution in [0.5, 0.6) is 0 Å². The molecule has 5 heteroatoms. The van der Waals surface area contributed by atoms with Crippen molar-refractivity contribution in [2.75, 3.05) is 13.1 Å². The number of rotatable bonds is 4. The Morgan fingerprint density at radius 3 is 2.50 bits per heavy atom. The van der Waals surface area contributed by atoms with Crippen molar-refractivity contribution in [1.29, 1.82) is 0 Å². The van der Waals surface area contributed by atoms with Crippen LogP contribution in [0.25, 0.3) is 0 Å². The van der Waals surface area contributed by atoms with E-state index in [1.54, 1.807) is 4.90 Å². The quantitative estimate of drug-likeness (QED) is 0.831. The molecule has 2 fully saturated rings. The number of carboxylic acids is 1. The van der Waals surface area contributed by atoms with Gasteiger partial charge in [0.1, 0.15) is 6.04 Å². The molecule has 2 aliphatic rings. The van der Waals surface area contributed by atoms with E-state index in [1.165, 1.54) is 0 Å². The number of nitrogens with zero attached hydrogens (tertiary/aromatic N) is 2. The van der Waals surface area contributed by atoms with Gasteiger partial charge < -0.3 is 14.9 Å². The molecule has 1 atom stereocenters. The number of carbonyl (C=O) groups is 2. The van der Waals surface area contributed by atoms with Crippen molar-refractivity contribution in [3.05, 3.63) is 0 Å². The first kappa shape index (κ1) is 13.2. The SMILES string of the molecule is CC(C)CN(C(=O)N1CCCC1C(=O)O)C1CC1. The van der Waals surface area contributed by atoms with E-state index >= 15 is 0 Å². The van der Waals surface area contributed by atoms with Gasteiger partial charge >= 0.3 is 12.0 Å². The Bertz CT molecular complexity index is 339. The normalized spacial score (nSPS) is 23.5. The van der Waals surface area contributed by atoms with Crippen molar-refractivity contribution in [3.63, 3.8) is 0 Å². The molecule has 0 bridgehead atoms. The van der Waals surface area contributed by atoms with Crippen molar-refractivity contribution in [3.8, 4) is 0 Å². The Morgan fingerprint density at radius 2 is 2.00 bits per heavy atom. The molecular formula is C13H22N2O3. The summed E-state index contributed by atoms with van der Waals surface area (Å²) in [4.78, 5) is 27.0. The van der Waals surface area contributed by atoms with Gasteiger partial charge in [-0.3, -0.25) is 0 Å². The minimum Gasteiger partial charge on any atom is -0.480 e. The first-order valence-electron chi connectivity index (χ1n) is 6.80. The van der Waals surface area contributed by atoms with Crippen molar-refractivity contribution in [1.82, 2.24) is 9.80 Å². The third kappa shape index (κ3) is 2.76. The van der Waals surface area contributed by atoms with E-state index in [4.69, 9.17) is 5.11 Å². The van der Waals surface area contributed by atoms with Gasteiger partial charge in [0.15, 0.2) is 0 Å². The predicted molar refractivity (Wildman–Crippen MR) is 67.3 cm³/mol. The average Bonchev–Trinajstić information content (AvgIpc) is 3.00. The summed E-state index contributed by atoms with van der Waals surface area (Å²) in [5.41, 5.74) is 0. The fourth-order valence-electron chi connectivity index (χ4n) is 2.58. The van der Waals surface area contributed by atoms with Gasteiger partial charge in [0.25, 0.3) is 0 Å². The van der Waals surface area contributed by atoms with E-state index < -0.39 is 12.0 Å². The minimum atomic E-state index is -0.874. The van der Waals surface area contributed by atoms with Crippen molar-refractivity contribution in [2.24, 2.45) is 5.92 Å². The number of hydrogen-bond acceptors (Lipinski definition) is 2. The zero-order valence-electron chi connectivity index (χ0n) is 11.1. The van der Waals surface area contributed by atoms with Gasteiger partial charge in [-0.25, -0.2) is 9.59 Å². The number of urea groups is 1. The molecule has 0 aromatic rings. The molecule has 2 amide bonds. The topological polar surface area (TPSA) is 60.9 Å². The maximum Gasteiger partial charge on any atom is 0.326 e. The van der Waals surface area contributed by atoms with Crippen molar-refractivity contribution < 1.29 is 14.7 Å². The van der Waals surface area contributed by atoms with Gasteiger partial charge in [0.05, 0.1) is 0 Å². The van der Waals surface area contributed by atoms with Crippen molar-refractivity contribution >= 4 is 12.0 Å². The van der Waals surface area contributed by atoms with E-state index in [0.717, 1.165) is 25.8 Å². The number of hydrogen-bond donors (Lipinski definition) is 1. The lowest BCUT2D eigenvalue weighted by Crippen LogP contribution is -2.49.